The minimum atomic E-state index is -0.462. The average molecular weight is 246 g/mol. The molecule has 98 valence electrons. The molecule has 3 rings (SSSR count). The van der Waals surface area contributed by atoms with Gasteiger partial charge in [-0.05, 0) is 54.9 Å². The molecule has 1 aromatic carbocycles. The number of hydrogen-bond donors (Lipinski definition) is 1. The van der Waals surface area contributed by atoms with Crippen molar-refractivity contribution in [2.75, 3.05) is 7.11 Å². The standard InChI is InChI=1S/C16H22O2/c1-18-15-7-6-12-8-9-16(17,11-13(12)10-15)14-4-2-3-5-14/h6-7,10,14,17H,2-5,8-9,11H2,1H3. The molecule has 2 aliphatic rings. The van der Waals surface area contributed by atoms with Crippen molar-refractivity contribution in [1.82, 2.24) is 0 Å². The van der Waals surface area contributed by atoms with E-state index in [2.05, 4.69) is 12.1 Å². The smallest absolute Gasteiger partial charge is 0.119 e. The summed E-state index contributed by atoms with van der Waals surface area (Å²) in [4.78, 5) is 0. The highest BCUT2D eigenvalue weighted by Crippen LogP contribution is 2.42. The lowest BCUT2D eigenvalue weighted by Crippen LogP contribution is -2.42. The Morgan fingerprint density at radius 1 is 1.22 bits per heavy atom. The summed E-state index contributed by atoms with van der Waals surface area (Å²) in [6, 6.07) is 6.29. The van der Waals surface area contributed by atoms with Gasteiger partial charge < -0.3 is 9.84 Å². The molecule has 2 nitrogen and oxygen atoms in total. The molecule has 0 saturated heterocycles. The Balaban J connectivity index is 1.86. The fourth-order valence-corrected chi connectivity index (χ4v) is 3.72. The van der Waals surface area contributed by atoms with Gasteiger partial charge in [0.05, 0.1) is 12.7 Å². The lowest BCUT2D eigenvalue weighted by Gasteiger charge is -2.38. The van der Waals surface area contributed by atoms with Gasteiger partial charge in [-0.3, -0.25) is 0 Å². The van der Waals surface area contributed by atoms with Crippen LogP contribution < -0.4 is 4.74 Å². The number of methoxy groups -OCH3 is 1. The minimum Gasteiger partial charge on any atom is -0.497 e. The molecular formula is C16H22O2. The minimum absolute atomic E-state index is 0.462. The van der Waals surface area contributed by atoms with E-state index in [1.54, 1.807) is 7.11 Å². The summed E-state index contributed by atoms with van der Waals surface area (Å²) in [6.45, 7) is 0. The normalized spacial score (nSPS) is 28.1. The summed E-state index contributed by atoms with van der Waals surface area (Å²) in [5.41, 5.74) is 2.21. The zero-order valence-corrected chi connectivity index (χ0v) is 11.1. The number of aryl methyl sites for hydroxylation is 1. The van der Waals surface area contributed by atoms with Crippen LogP contribution in [-0.2, 0) is 12.8 Å². The van der Waals surface area contributed by atoms with Crippen LogP contribution in [-0.4, -0.2) is 17.8 Å². The van der Waals surface area contributed by atoms with E-state index in [1.807, 2.05) is 6.07 Å². The van der Waals surface area contributed by atoms with Crippen LogP contribution in [0.1, 0.15) is 43.2 Å². The Labute approximate surface area is 109 Å². The van der Waals surface area contributed by atoms with E-state index in [0.717, 1.165) is 25.0 Å². The van der Waals surface area contributed by atoms with Crippen molar-refractivity contribution in [3.8, 4) is 5.75 Å². The first-order chi connectivity index (χ1) is 8.71. The molecule has 0 aliphatic heterocycles. The highest BCUT2D eigenvalue weighted by atomic mass is 16.5. The molecule has 1 N–H and O–H groups in total. The number of ether oxygens (including phenoxy) is 1. The van der Waals surface area contributed by atoms with Gasteiger partial charge in [0.1, 0.15) is 5.75 Å². The highest BCUT2D eigenvalue weighted by Gasteiger charge is 2.40. The topological polar surface area (TPSA) is 29.5 Å². The molecule has 2 aliphatic carbocycles. The van der Waals surface area contributed by atoms with E-state index < -0.39 is 5.60 Å². The molecule has 2 heteroatoms. The largest absolute Gasteiger partial charge is 0.497 e. The molecule has 1 atom stereocenters. The second kappa shape index (κ2) is 4.58. The van der Waals surface area contributed by atoms with Gasteiger partial charge in [0, 0.05) is 6.42 Å². The lowest BCUT2D eigenvalue weighted by molar-refractivity contribution is -0.0283. The van der Waals surface area contributed by atoms with Crippen molar-refractivity contribution in [3.05, 3.63) is 29.3 Å². The van der Waals surface area contributed by atoms with Gasteiger partial charge in [0.2, 0.25) is 0 Å². The molecule has 0 heterocycles. The van der Waals surface area contributed by atoms with Crippen LogP contribution in [0, 0.1) is 5.92 Å². The summed E-state index contributed by atoms with van der Waals surface area (Å²) in [5, 5.41) is 10.9. The van der Waals surface area contributed by atoms with E-state index >= 15 is 0 Å². The van der Waals surface area contributed by atoms with E-state index in [9.17, 15) is 5.11 Å². The summed E-state index contributed by atoms with van der Waals surface area (Å²) in [6.07, 6.45) is 7.73. The van der Waals surface area contributed by atoms with Gasteiger partial charge in [-0.2, -0.15) is 0 Å². The van der Waals surface area contributed by atoms with E-state index in [-0.39, 0.29) is 0 Å². The third kappa shape index (κ3) is 2.03. The molecule has 1 fully saturated rings. The maximum absolute atomic E-state index is 10.9. The number of aliphatic hydroxyl groups is 1. The Morgan fingerprint density at radius 3 is 2.72 bits per heavy atom. The van der Waals surface area contributed by atoms with Crippen LogP contribution in [0.5, 0.6) is 5.75 Å². The van der Waals surface area contributed by atoms with Crippen LogP contribution in [0.25, 0.3) is 0 Å². The maximum atomic E-state index is 10.9. The number of hydrogen-bond acceptors (Lipinski definition) is 2. The Hall–Kier alpha value is -1.02. The average Bonchev–Trinajstić information content (AvgIpc) is 2.92. The molecule has 1 unspecified atom stereocenters. The quantitative estimate of drug-likeness (QED) is 0.869. The van der Waals surface area contributed by atoms with Crippen LogP contribution in [0.3, 0.4) is 0 Å². The van der Waals surface area contributed by atoms with Crippen molar-refractivity contribution < 1.29 is 9.84 Å². The zero-order valence-electron chi connectivity index (χ0n) is 11.1. The first-order valence-electron chi connectivity index (χ1n) is 7.09. The van der Waals surface area contributed by atoms with Gasteiger partial charge >= 0.3 is 0 Å². The Bertz CT molecular complexity index is 435. The zero-order chi connectivity index (χ0) is 12.6. The van der Waals surface area contributed by atoms with Gasteiger partial charge in [-0.1, -0.05) is 18.9 Å². The summed E-state index contributed by atoms with van der Waals surface area (Å²) < 4.78 is 5.29. The van der Waals surface area contributed by atoms with Crippen LogP contribution in [0.2, 0.25) is 0 Å². The van der Waals surface area contributed by atoms with Gasteiger partial charge in [-0.25, -0.2) is 0 Å². The second-order valence-electron chi connectivity index (χ2n) is 5.90. The molecule has 0 bridgehead atoms. The van der Waals surface area contributed by atoms with Gasteiger partial charge in [0.25, 0.3) is 0 Å². The van der Waals surface area contributed by atoms with E-state index in [1.165, 1.54) is 36.8 Å². The fraction of sp³-hybridized carbons (Fsp3) is 0.625. The first-order valence-corrected chi connectivity index (χ1v) is 7.09. The summed E-state index contributed by atoms with van der Waals surface area (Å²) in [5.74, 6) is 1.42. The maximum Gasteiger partial charge on any atom is 0.119 e. The molecule has 1 saturated carbocycles. The molecular weight excluding hydrogens is 224 g/mol. The molecule has 0 spiro atoms. The number of rotatable bonds is 2. The fourth-order valence-electron chi connectivity index (χ4n) is 3.72. The summed E-state index contributed by atoms with van der Waals surface area (Å²) >= 11 is 0. The highest BCUT2D eigenvalue weighted by molar-refractivity contribution is 5.38. The molecule has 0 aromatic heterocycles. The number of benzene rings is 1. The SMILES string of the molecule is COc1ccc2c(c1)CC(O)(C1CCCC1)CC2. The number of fused-ring (bicyclic) bond motifs is 1. The van der Waals surface area contributed by atoms with E-state index in [0.29, 0.717) is 5.92 Å². The predicted octanol–water partition coefficient (Wildman–Crippen LogP) is 3.11. The van der Waals surface area contributed by atoms with Crippen molar-refractivity contribution in [1.29, 1.82) is 0 Å². The molecule has 1 aromatic rings. The monoisotopic (exact) mass is 246 g/mol. The van der Waals surface area contributed by atoms with Crippen molar-refractivity contribution >= 4 is 0 Å². The first kappa shape index (κ1) is 12.0. The molecule has 0 radical (unpaired) electrons. The summed E-state index contributed by atoms with van der Waals surface area (Å²) in [7, 11) is 1.70. The molecule has 0 amide bonds. The van der Waals surface area contributed by atoms with E-state index in [4.69, 9.17) is 4.74 Å². The van der Waals surface area contributed by atoms with Crippen molar-refractivity contribution in [3.63, 3.8) is 0 Å². The predicted molar refractivity (Wildman–Crippen MR) is 71.9 cm³/mol. The molecule has 18 heavy (non-hydrogen) atoms. The third-order valence-corrected chi connectivity index (χ3v) is 4.85. The third-order valence-electron chi connectivity index (χ3n) is 4.85. The van der Waals surface area contributed by atoms with Crippen molar-refractivity contribution in [2.24, 2.45) is 5.92 Å². The lowest BCUT2D eigenvalue weighted by atomic mass is 9.72. The van der Waals surface area contributed by atoms with Crippen LogP contribution >= 0.6 is 0 Å². The van der Waals surface area contributed by atoms with Crippen LogP contribution in [0.4, 0.5) is 0 Å². The second-order valence-corrected chi connectivity index (χ2v) is 5.90. The van der Waals surface area contributed by atoms with Gasteiger partial charge in [-0.15, -0.1) is 0 Å². The Kier molecular flexibility index (Phi) is 3.06. The van der Waals surface area contributed by atoms with Crippen molar-refractivity contribution in [2.45, 2.75) is 50.5 Å². The van der Waals surface area contributed by atoms with Crippen LogP contribution in [0.15, 0.2) is 18.2 Å². The van der Waals surface area contributed by atoms with Gasteiger partial charge in [0.15, 0.2) is 0 Å². The Morgan fingerprint density at radius 2 is 2.00 bits per heavy atom.